The minimum atomic E-state index is -1.86. The molecule has 1 unspecified atom stereocenters. The van der Waals surface area contributed by atoms with Crippen molar-refractivity contribution < 1.29 is 23.3 Å². The minimum absolute atomic E-state index is 0.0749. The monoisotopic (exact) mass is 654 g/mol. The first kappa shape index (κ1) is 31.2. The number of carbonyl (C=O) groups excluding carboxylic acids is 3. The number of esters is 1. The molecular formula is C35H31ClN4O5S. The molecule has 0 saturated carbocycles. The first-order chi connectivity index (χ1) is 22.1. The number of fused-ring (bicyclic) bond motifs is 2. The van der Waals surface area contributed by atoms with Crippen molar-refractivity contribution in [3.8, 4) is 5.69 Å². The maximum Gasteiger partial charge on any atom is 0.360 e. The zero-order chi connectivity index (χ0) is 32.5. The van der Waals surface area contributed by atoms with Gasteiger partial charge in [-0.05, 0) is 79.4 Å². The molecular weight excluding hydrogens is 624 g/mol. The van der Waals surface area contributed by atoms with Crippen molar-refractivity contribution in [2.24, 2.45) is 0 Å². The van der Waals surface area contributed by atoms with Crippen LogP contribution in [0.15, 0.2) is 83.8 Å². The number of ether oxygens (including phenoxy) is 1. The Morgan fingerprint density at radius 3 is 2.50 bits per heavy atom. The fourth-order valence-corrected chi connectivity index (χ4v) is 6.61. The Balaban J connectivity index is 1.36. The van der Waals surface area contributed by atoms with Gasteiger partial charge in [-0.3, -0.25) is 14.3 Å². The van der Waals surface area contributed by atoms with Gasteiger partial charge in [-0.15, -0.1) is 0 Å². The lowest BCUT2D eigenvalue weighted by Gasteiger charge is -2.29. The number of hydrogen-bond acceptors (Lipinski definition) is 6. The molecule has 0 spiro atoms. The van der Waals surface area contributed by atoms with Crippen molar-refractivity contribution in [2.75, 3.05) is 13.2 Å². The molecule has 1 atom stereocenters. The van der Waals surface area contributed by atoms with Crippen LogP contribution < -0.4 is 4.72 Å². The third kappa shape index (κ3) is 6.05. The number of aromatic nitrogens is 2. The highest BCUT2D eigenvalue weighted by atomic mass is 35.5. The summed E-state index contributed by atoms with van der Waals surface area (Å²) in [5, 5.41) is 6.42. The molecule has 0 radical (unpaired) electrons. The number of aryl methyl sites for hydroxylation is 1. The molecule has 1 aliphatic rings. The summed E-state index contributed by atoms with van der Waals surface area (Å²) in [7, 11) is -1.86. The Hall–Kier alpha value is -4.80. The van der Waals surface area contributed by atoms with E-state index in [-0.39, 0.29) is 34.4 Å². The third-order valence-electron chi connectivity index (χ3n) is 8.01. The summed E-state index contributed by atoms with van der Waals surface area (Å²) >= 11 is 6.50. The third-order valence-corrected chi connectivity index (χ3v) is 9.52. The summed E-state index contributed by atoms with van der Waals surface area (Å²) in [6.45, 7) is 6.35. The normalized spacial score (nSPS) is 13.3. The number of amides is 2. The van der Waals surface area contributed by atoms with Crippen LogP contribution in [0.2, 0.25) is 5.02 Å². The molecule has 0 saturated heterocycles. The van der Waals surface area contributed by atoms with Gasteiger partial charge in [0.2, 0.25) is 0 Å². The van der Waals surface area contributed by atoms with Crippen molar-refractivity contribution >= 4 is 51.1 Å². The van der Waals surface area contributed by atoms with Crippen molar-refractivity contribution in [2.45, 2.75) is 38.6 Å². The number of nitrogens with zero attached hydrogens (tertiary/aromatic N) is 3. The maximum atomic E-state index is 14.2. The maximum absolute atomic E-state index is 14.2. The fourth-order valence-electron chi connectivity index (χ4n) is 5.58. The predicted molar refractivity (Wildman–Crippen MR) is 177 cm³/mol. The largest absolute Gasteiger partial charge is 0.461 e. The second-order valence-corrected chi connectivity index (χ2v) is 12.7. The Morgan fingerprint density at radius 1 is 0.957 bits per heavy atom. The summed E-state index contributed by atoms with van der Waals surface area (Å²) in [6, 6.07) is 23.9. The Morgan fingerprint density at radius 2 is 1.72 bits per heavy atom. The lowest BCUT2D eigenvalue weighted by molar-refractivity contribution is 0.0518. The molecule has 2 heterocycles. The Labute approximate surface area is 273 Å². The number of rotatable bonds is 7. The van der Waals surface area contributed by atoms with E-state index < -0.39 is 22.9 Å². The lowest BCUT2D eigenvalue weighted by Crippen LogP contribution is -2.36. The van der Waals surface area contributed by atoms with Gasteiger partial charge in [0.05, 0.1) is 33.5 Å². The van der Waals surface area contributed by atoms with Gasteiger partial charge in [-0.1, -0.05) is 65.7 Å². The van der Waals surface area contributed by atoms with Crippen molar-refractivity contribution in [3.63, 3.8) is 0 Å². The van der Waals surface area contributed by atoms with E-state index in [4.69, 9.17) is 16.3 Å². The van der Waals surface area contributed by atoms with Gasteiger partial charge < -0.3 is 9.64 Å². The standard InChI is InChI=1S/C35H31ClN4O5S/c1-4-45-35(43)32-31(36)22(3)40(37-32)30-14-12-25(19-29(30)34(42)39-16-15-23-7-5-6-8-26(23)20-39)33(41)38-46(44)28-13-11-24-10-9-21(2)17-27(24)18-28/h5-14,17-19H,4,15-16,20H2,1-3H3,(H,38,41). The van der Waals surface area contributed by atoms with Gasteiger partial charge in [0.1, 0.15) is 0 Å². The first-order valence-corrected chi connectivity index (χ1v) is 16.3. The molecule has 234 valence electrons. The fraction of sp³-hybridized carbons (Fsp3) is 0.200. The van der Waals surface area contributed by atoms with Gasteiger partial charge in [0.15, 0.2) is 16.7 Å². The van der Waals surface area contributed by atoms with Crippen LogP contribution in [0.5, 0.6) is 0 Å². The van der Waals surface area contributed by atoms with E-state index in [1.807, 2.05) is 49.4 Å². The molecule has 4 aromatic carbocycles. The van der Waals surface area contributed by atoms with Crippen molar-refractivity contribution in [3.05, 3.63) is 123 Å². The summed E-state index contributed by atoms with van der Waals surface area (Å²) < 4.78 is 22.4. The quantitative estimate of drug-likeness (QED) is 0.212. The zero-order valence-electron chi connectivity index (χ0n) is 25.5. The highest BCUT2D eigenvalue weighted by Gasteiger charge is 2.28. The van der Waals surface area contributed by atoms with Gasteiger partial charge in [-0.2, -0.15) is 5.10 Å². The SMILES string of the molecule is CCOC(=O)c1nn(-c2ccc(C(=O)NS(=O)c3ccc4ccc(C)cc4c3)cc2C(=O)N2CCc3ccccc3C2)c(C)c1Cl. The molecule has 0 aliphatic carbocycles. The van der Waals surface area contributed by atoms with Crippen LogP contribution in [0.25, 0.3) is 16.5 Å². The molecule has 11 heteroatoms. The molecule has 6 rings (SSSR count). The van der Waals surface area contributed by atoms with E-state index >= 15 is 0 Å². The average Bonchev–Trinajstić information content (AvgIpc) is 3.36. The summed E-state index contributed by atoms with van der Waals surface area (Å²) in [5.41, 5.74) is 4.29. The molecule has 9 nitrogen and oxygen atoms in total. The highest BCUT2D eigenvalue weighted by molar-refractivity contribution is 7.83. The molecule has 46 heavy (non-hydrogen) atoms. The van der Waals surface area contributed by atoms with Gasteiger partial charge in [0, 0.05) is 18.7 Å². The number of nitrogens with one attached hydrogen (secondary N) is 1. The lowest BCUT2D eigenvalue weighted by atomic mass is 9.98. The van der Waals surface area contributed by atoms with Crippen molar-refractivity contribution in [1.29, 1.82) is 0 Å². The van der Waals surface area contributed by atoms with Crippen LogP contribution in [0.3, 0.4) is 0 Å². The smallest absolute Gasteiger partial charge is 0.360 e. The van der Waals surface area contributed by atoms with Crippen molar-refractivity contribution in [1.82, 2.24) is 19.4 Å². The first-order valence-electron chi connectivity index (χ1n) is 14.8. The number of halogens is 1. The predicted octanol–water partition coefficient (Wildman–Crippen LogP) is 6.12. The van der Waals surface area contributed by atoms with E-state index in [1.165, 1.54) is 22.4 Å². The van der Waals surface area contributed by atoms with Crippen LogP contribution in [0.4, 0.5) is 0 Å². The molecule has 0 bridgehead atoms. The summed E-state index contributed by atoms with van der Waals surface area (Å²) in [6.07, 6.45) is 0.682. The van der Waals surface area contributed by atoms with Crippen LogP contribution in [-0.2, 0) is 28.7 Å². The van der Waals surface area contributed by atoms with E-state index in [1.54, 1.807) is 36.9 Å². The van der Waals surface area contributed by atoms with Crippen LogP contribution in [0.1, 0.15) is 60.5 Å². The van der Waals surface area contributed by atoms with E-state index in [0.717, 1.165) is 21.9 Å². The summed E-state index contributed by atoms with van der Waals surface area (Å²) in [4.78, 5) is 42.4. The topological polar surface area (TPSA) is 111 Å². The molecule has 1 aliphatic heterocycles. The van der Waals surface area contributed by atoms with E-state index in [2.05, 4.69) is 15.9 Å². The Kier molecular flexibility index (Phi) is 8.75. The van der Waals surface area contributed by atoms with Crippen LogP contribution in [0, 0.1) is 13.8 Å². The minimum Gasteiger partial charge on any atom is -0.461 e. The van der Waals surface area contributed by atoms with Crippen LogP contribution in [-0.4, -0.2) is 49.8 Å². The zero-order valence-corrected chi connectivity index (χ0v) is 27.1. The second kappa shape index (κ2) is 12.9. The number of carbonyl (C=O) groups is 3. The van der Waals surface area contributed by atoms with Crippen LogP contribution >= 0.6 is 11.6 Å². The van der Waals surface area contributed by atoms with Gasteiger partial charge >= 0.3 is 5.97 Å². The number of hydrogen-bond donors (Lipinski definition) is 1. The van der Waals surface area contributed by atoms with E-state index in [0.29, 0.717) is 35.8 Å². The second-order valence-electron chi connectivity index (χ2n) is 11.1. The Bertz CT molecular complexity index is 2060. The molecule has 1 N–H and O–H groups in total. The highest BCUT2D eigenvalue weighted by Crippen LogP contribution is 2.29. The summed E-state index contributed by atoms with van der Waals surface area (Å²) in [5.74, 6) is -1.62. The molecule has 0 fully saturated rings. The van der Waals surface area contributed by atoms with Gasteiger partial charge in [-0.25, -0.2) is 13.7 Å². The molecule has 1 aromatic heterocycles. The average molecular weight is 655 g/mol. The van der Waals surface area contributed by atoms with E-state index in [9.17, 15) is 18.6 Å². The molecule has 2 amide bonds. The number of benzene rings is 4. The van der Waals surface area contributed by atoms with Gasteiger partial charge in [0.25, 0.3) is 11.8 Å². The molecule has 5 aromatic rings.